The zero-order chi connectivity index (χ0) is 18.4. The molecule has 26 heavy (non-hydrogen) atoms. The molecule has 2 aromatic rings. The molecule has 5 heteroatoms. The van der Waals surface area contributed by atoms with Gasteiger partial charge in [-0.1, -0.05) is 42.5 Å². The van der Waals surface area contributed by atoms with Gasteiger partial charge in [0.25, 0.3) is 5.69 Å². The molecular formula is C21H22N2O3. The van der Waals surface area contributed by atoms with Crippen molar-refractivity contribution in [3.8, 4) is 0 Å². The van der Waals surface area contributed by atoms with Crippen molar-refractivity contribution in [2.45, 2.75) is 19.3 Å². The van der Waals surface area contributed by atoms with Crippen LogP contribution in [-0.2, 0) is 11.2 Å². The number of piperidine rings is 1. The van der Waals surface area contributed by atoms with Gasteiger partial charge in [-0.2, -0.15) is 0 Å². The lowest BCUT2D eigenvalue weighted by molar-refractivity contribution is -0.385. The van der Waals surface area contributed by atoms with Crippen molar-refractivity contribution in [1.29, 1.82) is 0 Å². The Kier molecular flexibility index (Phi) is 5.79. The summed E-state index contributed by atoms with van der Waals surface area (Å²) in [4.78, 5) is 24.8. The summed E-state index contributed by atoms with van der Waals surface area (Å²) in [6.07, 6.45) is 6.01. The number of hydrogen-bond acceptors (Lipinski definition) is 3. The first-order valence-corrected chi connectivity index (χ1v) is 8.88. The predicted molar refractivity (Wildman–Crippen MR) is 102 cm³/mol. The molecule has 1 amide bonds. The van der Waals surface area contributed by atoms with Gasteiger partial charge in [-0.25, -0.2) is 0 Å². The fourth-order valence-corrected chi connectivity index (χ4v) is 3.37. The molecule has 134 valence electrons. The average Bonchev–Trinajstić information content (AvgIpc) is 2.67. The van der Waals surface area contributed by atoms with E-state index in [1.165, 1.54) is 23.8 Å². The molecule has 1 saturated heterocycles. The van der Waals surface area contributed by atoms with E-state index >= 15 is 0 Å². The number of rotatable bonds is 5. The highest BCUT2D eigenvalue weighted by molar-refractivity contribution is 5.92. The molecule has 0 atom stereocenters. The van der Waals surface area contributed by atoms with Crippen LogP contribution in [0.25, 0.3) is 6.08 Å². The first-order valence-electron chi connectivity index (χ1n) is 8.88. The second-order valence-corrected chi connectivity index (χ2v) is 6.61. The predicted octanol–water partition coefficient (Wildman–Crippen LogP) is 4.09. The highest BCUT2D eigenvalue weighted by Gasteiger charge is 2.22. The maximum absolute atomic E-state index is 12.4. The van der Waals surface area contributed by atoms with E-state index in [9.17, 15) is 14.9 Å². The standard InChI is InChI=1S/C21H22N2O3/c24-21(11-10-19-8-4-5-9-20(19)23(25)26)22-14-12-18(13-15-22)16-17-6-2-1-3-7-17/h1-11,18H,12-16H2. The third-order valence-corrected chi connectivity index (χ3v) is 4.83. The Balaban J connectivity index is 1.55. The first kappa shape index (κ1) is 17.9. The molecule has 5 nitrogen and oxygen atoms in total. The smallest absolute Gasteiger partial charge is 0.276 e. The van der Waals surface area contributed by atoms with Crippen LogP contribution in [-0.4, -0.2) is 28.8 Å². The Bertz CT molecular complexity index is 794. The van der Waals surface area contributed by atoms with Crippen molar-refractivity contribution >= 4 is 17.7 Å². The Morgan fingerprint density at radius 2 is 1.73 bits per heavy atom. The van der Waals surface area contributed by atoms with Gasteiger partial charge >= 0.3 is 0 Å². The summed E-state index contributed by atoms with van der Waals surface area (Å²) < 4.78 is 0. The maximum atomic E-state index is 12.4. The largest absolute Gasteiger partial charge is 0.339 e. The number of para-hydroxylation sites is 1. The van der Waals surface area contributed by atoms with E-state index in [2.05, 4.69) is 24.3 Å². The Hall–Kier alpha value is -2.95. The van der Waals surface area contributed by atoms with Gasteiger partial charge in [-0.15, -0.1) is 0 Å². The van der Waals surface area contributed by atoms with Crippen molar-refractivity contribution in [1.82, 2.24) is 4.90 Å². The van der Waals surface area contributed by atoms with Gasteiger partial charge in [-0.3, -0.25) is 14.9 Å². The number of carbonyl (C=O) groups excluding carboxylic acids is 1. The summed E-state index contributed by atoms with van der Waals surface area (Å²) in [6.45, 7) is 1.47. The van der Waals surface area contributed by atoms with Crippen LogP contribution in [0.15, 0.2) is 60.7 Å². The number of carbonyl (C=O) groups is 1. The molecule has 0 bridgehead atoms. The van der Waals surface area contributed by atoms with Crippen LogP contribution < -0.4 is 0 Å². The Morgan fingerprint density at radius 1 is 1.08 bits per heavy atom. The van der Waals surface area contributed by atoms with E-state index < -0.39 is 4.92 Å². The van der Waals surface area contributed by atoms with Gasteiger partial charge in [0.1, 0.15) is 0 Å². The van der Waals surface area contributed by atoms with E-state index in [0.717, 1.165) is 32.4 Å². The van der Waals surface area contributed by atoms with E-state index in [1.54, 1.807) is 18.2 Å². The van der Waals surface area contributed by atoms with E-state index in [4.69, 9.17) is 0 Å². The summed E-state index contributed by atoms with van der Waals surface area (Å²) in [5.74, 6) is 0.516. The Morgan fingerprint density at radius 3 is 2.42 bits per heavy atom. The van der Waals surface area contributed by atoms with E-state index in [0.29, 0.717) is 11.5 Å². The van der Waals surface area contributed by atoms with Crippen LogP contribution in [0.5, 0.6) is 0 Å². The van der Waals surface area contributed by atoms with Gasteiger partial charge in [-0.05, 0) is 42.9 Å². The maximum Gasteiger partial charge on any atom is 0.276 e. The lowest BCUT2D eigenvalue weighted by Gasteiger charge is -2.31. The molecule has 1 heterocycles. The number of nitro benzene ring substituents is 1. The molecule has 1 aliphatic heterocycles. The minimum atomic E-state index is -0.431. The van der Waals surface area contributed by atoms with Gasteiger partial charge in [0.2, 0.25) is 5.91 Å². The number of likely N-dealkylation sites (tertiary alicyclic amines) is 1. The van der Waals surface area contributed by atoms with E-state index in [1.807, 2.05) is 11.0 Å². The van der Waals surface area contributed by atoms with Crippen molar-refractivity contribution in [3.63, 3.8) is 0 Å². The highest BCUT2D eigenvalue weighted by atomic mass is 16.6. The molecule has 0 aromatic heterocycles. The van der Waals surface area contributed by atoms with E-state index in [-0.39, 0.29) is 11.6 Å². The van der Waals surface area contributed by atoms with Crippen LogP contribution >= 0.6 is 0 Å². The summed E-state index contributed by atoms with van der Waals surface area (Å²) in [5.41, 5.74) is 1.80. The average molecular weight is 350 g/mol. The fourth-order valence-electron chi connectivity index (χ4n) is 3.37. The van der Waals surface area contributed by atoms with Crippen molar-refractivity contribution < 1.29 is 9.72 Å². The van der Waals surface area contributed by atoms with Gasteiger partial charge < -0.3 is 4.90 Å². The first-order chi connectivity index (χ1) is 12.6. The molecule has 0 unspecified atom stereocenters. The normalized spacial score (nSPS) is 15.3. The van der Waals surface area contributed by atoms with Crippen molar-refractivity contribution in [2.24, 2.45) is 5.92 Å². The molecule has 0 aliphatic carbocycles. The molecule has 1 aliphatic rings. The second kappa shape index (κ2) is 8.43. The summed E-state index contributed by atoms with van der Waals surface area (Å²) >= 11 is 0. The summed E-state index contributed by atoms with van der Waals surface area (Å²) in [5, 5.41) is 11.0. The fraction of sp³-hybridized carbons (Fsp3) is 0.286. The third-order valence-electron chi connectivity index (χ3n) is 4.83. The van der Waals surface area contributed by atoms with Gasteiger partial charge in [0.15, 0.2) is 0 Å². The summed E-state index contributed by atoms with van der Waals surface area (Å²) in [6, 6.07) is 16.9. The van der Waals surface area contributed by atoms with Crippen molar-refractivity contribution in [3.05, 3.63) is 81.9 Å². The highest BCUT2D eigenvalue weighted by Crippen LogP contribution is 2.23. The lowest BCUT2D eigenvalue weighted by Crippen LogP contribution is -2.37. The molecule has 0 N–H and O–H groups in total. The molecule has 0 spiro atoms. The van der Waals surface area contributed by atoms with Crippen LogP contribution in [0.2, 0.25) is 0 Å². The number of amides is 1. The SMILES string of the molecule is O=C(C=Cc1ccccc1[N+](=O)[O-])N1CCC(Cc2ccccc2)CC1. The van der Waals surface area contributed by atoms with Crippen molar-refractivity contribution in [2.75, 3.05) is 13.1 Å². The van der Waals surface area contributed by atoms with Crippen LogP contribution in [0.1, 0.15) is 24.0 Å². The minimum Gasteiger partial charge on any atom is -0.339 e. The third kappa shape index (κ3) is 4.57. The van der Waals surface area contributed by atoms with Gasteiger partial charge in [0, 0.05) is 25.2 Å². The van der Waals surface area contributed by atoms with Crippen LogP contribution in [0.4, 0.5) is 5.69 Å². The van der Waals surface area contributed by atoms with Gasteiger partial charge in [0.05, 0.1) is 10.5 Å². The monoisotopic (exact) mass is 350 g/mol. The molecule has 1 fully saturated rings. The molecular weight excluding hydrogens is 328 g/mol. The van der Waals surface area contributed by atoms with Crippen LogP contribution in [0.3, 0.4) is 0 Å². The molecule has 3 rings (SSSR count). The van der Waals surface area contributed by atoms with Crippen LogP contribution in [0, 0.1) is 16.0 Å². The number of benzene rings is 2. The number of hydrogen-bond donors (Lipinski definition) is 0. The molecule has 0 radical (unpaired) electrons. The summed E-state index contributed by atoms with van der Waals surface area (Å²) in [7, 11) is 0. The molecule has 0 saturated carbocycles. The number of nitro groups is 1. The zero-order valence-electron chi connectivity index (χ0n) is 14.6. The molecule has 2 aromatic carbocycles. The topological polar surface area (TPSA) is 63.4 Å². The lowest BCUT2D eigenvalue weighted by atomic mass is 9.90. The second-order valence-electron chi connectivity index (χ2n) is 6.61. The minimum absolute atomic E-state index is 0.0121. The number of nitrogens with zero attached hydrogens (tertiary/aromatic N) is 2. The quantitative estimate of drug-likeness (QED) is 0.463. The Labute approximate surface area is 153 Å². The zero-order valence-corrected chi connectivity index (χ0v) is 14.6.